The number of H-pyrrole nitrogens is 1. The summed E-state index contributed by atoms with van der Waals surface area (Å²) in [5.74, 6) is -0.965. The molecule has 2 aliphatic heterocycles. The molecule has 2 atom stereocenters. The van der Waals surface area contributed by atoms with Crippen LogP contribution in [0.1, 0.15) is 63.4 Å². The summed E-state index contributed by atoms with van der Waals surface area (Å²) in [6, 6.07) is 5.02. The van der Waals surface area contributed by atoms with Gasteiger partial charge in [0, 0.05) is 41.0 Å². The molecule has 7 rings (SSSR count). The molecule has 5 heterocycles. The van der Waals surface area contributed by atoms with Gasteiger partial charge in [-0.1, -0.05) is 51.9 Å². The third-order valence-electron chi connectivity index (χ3n) is 9.57. The lowest BCUT2D eigenvalue weighted by Crippen LogP contribution is -2.62. The van der Waals surface area contributed by atoms with E-state index in [0.29, 0.717) is 52.2 Å². The van der Waals surface area contributed by atoms with E-state index in [1.807, 2.05) is 53.7 Å². The lowest BCUT2D eigenvalue weighted by molar-refractivity contribution is -0.129. The first-order chi connectivity index (χ1) is 22.9. The van der Waals surface area contributed by atoms with Gasteiger partial charge in [0.25, 0.3) is 5.56 Å². The van der Waals surface area contributed by atoms with Crippen molar-refractivity contribution in [1.82, 2.24) is 29.6 Å². The van der Waals surface area contributed by atoms with Crippen molar-refractivity contribution in [3.05, 3.63) is 81.5 Å². The van der Waals surface area contributed by atoms with Crippen molar-refractivity contribution in [3.63, 3.8) is 0 Å². The number of aryl methyl sites for hydroxylation is 1. The Morgan fingerprint density at radius 1 is 1.10 bits per heavy atom. The standard InChI is InChI=1S/C36H37ClFN7O3/c1-8-26(46)43-14-21-15-48-35-33(44(21)13-20(43)7)22-11-24(37)28(27-19(6)9-10-25-23(27)12-41-42-25)29(38)32(22)45(36(35)47)34-30(17(2)3)39-16-40-31(34)18(4)5/h8-12,16-18,20-21H,1,13-15H2,2-7H3,(H,41,42). The Balaban J connectivity index is 1.63. The van der Waals surface area contributed by atoms with Crippen molar-refractivity contribution in [2.24, 2.45) is 0 Å². The van der Waals surface area contributed by atoms with Gasteiger partial charge in [0.2, 0.25) is 11.7 Å². The average molecular weight is 670 g/mol. The summed E-state index contributed by atoms with van der Waals surface area (Å²) in [7, 11) is 0. The van der Waals surface area contributed by atoms with Crippen LogP contribution < -0.4 is 15.2 Å². The molecule has 0 spiro atoms. The molecule has 1 N–H and O–H groups in total. The number of nitrogens with zero attached hydrogens (tertiary/aromatic N) is 6. The fourth-order valence-electron chi connectivity index (χ4n) is 7.29. The zero-order valence-corrected chi connectivity index (χ0v) is 28.5. The van der Waals surface area contributed by atoms with E-state index in [1.54, 1.807) is 17.2 Å². The molecule has 3 aromatic heterocycles. The number of carbonyl (C=O) groups excluding carboxylic acids is 1. The van der Waals surface area contributed by atoms with Crippen LogP contribution in [0.2, 0.25) is 5.02 Å². The highest BCUT2D eigenvalue weighted by Gasteiger charge is 2.41. The van der Waals surface area contributed by atoms with Gasteiger partial charge in [0.15, 0.2) is 5.82 Å². The Bertz CT molecular complexity index is 2180. The number of hydrogen-bond donors (Lipinski definition) is 1. The van der Waals surface area contributed by atoms with Crippen molar-refractivity contribution < 1.29 is 13.9 Å². The predicted octanol–water partition coefficient (Wildman–Crippen LogP) is 6.66. The first kappa shape index (κ1) is 31.8. The summed E-state index contributed by atoms with van der Waals surface area (Å²) in [6.45, 7) is 16.3. The number of benzene rings is 2. The molecule has 2 aromatic carbocycles. The van der Waals surface area contributed by atoms with Crippen molar-refractivity contribution in [2.75, 3.05) is 24.6 Å². The number of amides is 1. The number of fused-ring (bicyclic) bond motifs is 6. The van der Waals surface area contributed by atoms with Gasteiger partial charge in [-0.25, -0.2) is 14.4 Å². The zero-order valence-electron chi connectivity index (χ0n) is 27.8. The number of aromatic nitrogens is 5. The van der Waals surface area contributed by atoms with Crippen LogP contribution in [0.15, 0.2) is 48.2 Å². The minimum absolute atomic E-state index is 0.0538. The maximum absolute atomic E-state index is 17.9. The van der Waals surface area contributed by atoms with Gasteiger partial charge in [-0.3, -0.25) is 19.3 Å². The molecule has 0 bridgehead atoms. The molecule has 2 aliphatic rings. The molecule has 0 saturated carbocycles. The van der Waals surface area contributed by atoms with Crippen LogP contribution in [0.5, 0.6) is 5.75 Å². The normalized spacial score (nSPS) is 17.6. The first-order valence-corrected chi connectivity index (χ1v) is 16.5. The third kappa shape index (κ3) is 4.69. The third-order valence-corrected chi connectivity index (χ3v) is 9.87. The fourth-order valence-corrected chi connectivity index (χ4v) is 7.58. The number of ether oxygens (including phenoxy) is 1. The Kier molecular flexibility index (Phi) is 7.77. The highest BCUT2D eigenvalue weighted by atomic mass is 35.5. The minimum Gasteiger partial charge on any atom is -0.484 e. The number of hydrogen-bond acceptors (Lipinski definition) is 7. The summed E-state index contributed by atoms with van der Waals surface area (Å²) in [6.07, 6.45) is 4.45. The molecule has 248 valence electrons. The molecule has 0 aliphatic carbocycles. The Morgan fingerprint density at radius 3 is 2.48 bits per heavy atom. The Hall–Kier alpha value is -4.77. The number of aromatic amines is 1. The van der Waals surface area contributed by atoms with Gasteiger partial charge in [0.1, 0.15) is 12.9 Å². The van der Waals surface area contributed by atoms with E-state index in [2.05, 4.69) is 31.6 Å². The van der Waals surface area contributed by atoms with Crippen molar-refractivity contribution in [3.8, 4) is 22.6 Å². The first-order valence-electron chi connectivity index (χ1n) is 16.2. The van der Waals surface area contributed by atoms with Gasteiger partial charge in [-0.2, -0.15) is 5.10 Å². The van der Waals surface area contributed by atoms with Crippen LogP contribution in [0.3, 0.4) is 0 Å². The molecule has 12 heteroatoms. The molecule has 1 fully saturated rings. The summed E-state index contributed by atoms with van der Waals surface area (Å²) in [5, 5.41) is 8.47. The minimum atomic E-state index is -0.655. The van der Waals surface area contributed by atoms with Gasteiger partial charge < -0.3 is 14.5 Å². The molecular formula is C36H37ClFN7O3. The largest absolute Gasteiger partial charge is 0.484 e. The molecule has 0 radical (unpaired) electrons. The molecule has 48 heavy (non-hydrogen) atoms. The zero-order chi connectivity index (χ0) is 34.2. The summed E-state index contributed by atoms with van der Waals surface area (Å²) >= 11 is 7.11. The monoisotopic (exact) mass is 669 g/mol. The van der Waals surface area contributed by atoms with Crippen molar-refractivity contribution in [1.29, 1.82) is 0 Å². The summed E-state index contributed by atoms with van der Waals surface area (Å²) in [5.41, 5.74) is 3.93. The number of pyridine rings is 1. The van der Waals surface area contributed by atoms with E-state index in [1.165, 1.54) is 17.0 Å². The van der Waals surface area contributed by atoms with Gasteiger partial charge in [-0.15, -0.1) is 0 Å². The number of piperazine rings is 1. The van der Waals surface area contributed by atoms with Gasteiger partial charge in [-0.05, 0) is 49.5 Å². The Morgan fingerprint density at radius 2 is 1.81 bits per heavy atom. The SMILES string of the molecule is C=CC(=O)N1CC2COc3c(c4cc(Cl)c(-c5c(C)ccc6[nH]ncc56)c(F)c4n(-c4c(C(C)C)ncnc4C(C)C)c3=O)N2CC1C. The summed E-state index contributed by atoms with van der Waals surface area (Å²) in [4.78, 5) is 40.7. The second-order valence-electron chi connectivity index (χ2n) is 13.3. The highest BCUT2D eigenvalue weighted by Crippen LogP contribution is 2.47. The Labute approximate surface area is 282 Å². The maximum atomic E-state index is 17.9. The van der Waals surface area contributed by atoms with Crippen LogP contribution in [-0.2, 0) is 4.79 Å². The van der Waals surface area contributed by atoms with E-state index >= 15 is 4.39 Å². The van der Waals surface area contributed by atoms with E-state index in [0.717, 1.165) is 11.1 Å². The average Bonchev–Trinajstić information content (AvgIpc) is 3.54. The van der Waals surface area contributed by atoms with Crippen molar-refractivity contribution in [2.45, 2.75) is 65.5 Å². The molecular weight excluding hydrogens is 633 g/mol. The molecule has 10 nitrogen and oxygen atoms in total. The quantitative estimate of drug-likeness (QED) is 0.209. The number of nitrogens with one attached hydrogen (secondary N) is 1. The summed E-state index contributed by atoms with van der Waals surface area (Å²) < 4.78 is 25.6. The molecule has 2 unspecified atom stereocenters. The van der Waals surface area contributed by atoms with Crippen LogP contribution >= 0.6 is 11.6 Å². The van der Waals surface area contributed by atoms with Gasteiger partial charge in [0.05, 0.1) is 51.1 Å². The lowest BCUT2D eigenvalue weighted by Gasteiger charge is -2.48. The second kappa shape index (κ2) is 11.7. The van der Waals surface area contributed by atoms with E-state index < -0.39 is 11.4 Å². The van der Waals surface area contributed by atoms with Gasteiger partial charge >= 0.3 is 0 Å². The lowest BCUT2D eigenvalue weighted by atomic mass is 9.93. The number of rotatable bonds is 5. The number of carbonyl (C=O) groups is 1. The second-order valence-corrected chi connectivity index (χ2v) is 13.7. The highest BCUT2D eigenvalue weighted by molar-refractivity contribution is 6.35. The van der Waals surface area contributed by atoms with E-state index in [-0.39, 0.29) is 58.3 Å². The van der Waals surface area contributed by atoms with Crippen molar-refractivity contribution >= 4 is 45.0 Å². The fraction of sp³-hybridized carbons (Fsp3) is 0.361. The predicted molar refractivity (Wildman–Crippen MR) is 186 cm³/mol. The van der Waals surface area contributed by atoms with E-state index in [9.17, 15) is 9.59 Å². The van der Waals surface area contributed by atoms with E-state index in [4.69, 9.17) is 16.3 Å². The number of anilines is 1. The van der Waals surface area contributed by atoms with Crippen LogP contribution in [0.4, 0.5) is 10.1 Å². The molecule has 1 amide bonds. The number of halogens is 2. The van der Waals surface area contributed by atoms with Crippen LogP contribution in [-0.4, -0.2) is 67.3 Å². The topological polar surface area (TPSA) is 109 Å². The molecule has 1 saturated heterocycles. The van der Waals surface area contributed by atoms with Crippen LogP contribution in [0, 0.1) is 12.7 Å². The maximum Gasteiger partial charge on any atom is 0.300 e. The smallest absolute Gasteiger partial charge is 0.300 e. The molecule has 5 aromatic rings. The van der Waals surface area contributed by atoms with Crippen LogP contribution in [0.25, 0.3) is 38.6 Å².